The maximum atomic E-state index is 12.5. The van der Waals surface area contributed by atoms with E-state index in [0.717, 1.165) is 16.6 Å². The van der Waals surface area contributed by atoms with Crippen molar-refractivity contribution in [1.82, 2.24) is 9.80 Å². The van der Waals surface area contributed by atoms with Gasteiger partial charge in [0.1, 0.15) is 0 Å². The molecule has 2 atom stereocenters. The molecule has 1 aliphatic rings. The van der Waals surface area contributed by atoms with Gasteiger partial charge in [0.05, 0.1) is 0 Å². The van der Waals surface area contributed by atoms with Crippen molar-refractivity contribution in [1.29, 1.82) is 0 Å². The number of halogens is 1. The third-order valence-electron chi connectivity index (χ3n) is 4.34. The van der Waals surface area contributed by atoms with E-state index in [1.54, 1.807) is 0 Å². The standard InChI is InChI=1S/C16H23BrN2O/c1-12(11-19-9-4-10-19)13(2)18(3)16(20)14-5-7-15(17)8-6-14/h5-8,12-13H,4,9-11H2,1-3H3. The average Bonchev–Trinajstić information content (AvgIpc) is 2.41. The van der Waals surface area contributed by atoms with E-state index >= 15 is 0 Å². The topological polar surface area (TPSA) is 23.6 Å². The summed E-state index contributed by atoms with van der Waals surface area (Å²) in [6.45, 7) is 7.87. The Kier molecular flexibility index (Phi) is 5.22. The number of amides is 1. The maximum absolute atomic E-state index is 12.5. The molecule has 1 aromatic carbocycles. The third kappa shape index (κ3) is 3.61. The van der Waals surface area contributed by atoms with Crippen LogP contribution in [0.3, 0.4) is 0 Å². The zero-order valence-corrected chi connectivity index (χ0v) is 14.1. The summed E-state index contributed by atoms with van der Waals surface area (Å²) in [5, 5.41) is 0. The second-order valence-electron chi connectivity index (χ2n) is 5.79. The van der Waals surface area contributed by atoms with E-state index in [0.29, 0.717) is 5.92 Å². The number of hydrogen-bond acceptors (Lipinski definition) is 2. The highest BCUT2D eigenvalue weighted by atomic mass is 79.9. The smallest absolute Gasteiger partial charge is 0.253 e. The monoisotopic (exact) mass is 338 g/mol. The Morgan fingerprint density at radius 3 is 2.40 bits per heavy atom. The van der Waals surface area contributed by atoms with Gasteiger partial charge in [0, 0.05) is 29.7 Å². The predicted molar refractivity (Wildman–Crippen MR) is 85.9 cm³/mol. The minimum Gasteiger partial charge on any atom is -0.339 e. The van der Waals surface area contributed by atoms with E-state index in [4.69, 9.17) is 0 Å². The van der Waals surface area contributed by atoms with Crippen LogP contribution in [-0.4, -0.2) is 48.4 Å². The van der Waals surface area contributed by atoms with Crippen LogP contribution in [0.1, 0.15) is 30.6 Å². The molecule has 4 heteroatoms. The van der Waals surface area contributed by atoms with Gasteiger partial charge in [-0.2, -0.15) is 0 Å². The molecule has 1 fully saturated rings. The lowest BCUT2D eigenvalue weighted by Crippen LogP contribution is -2.46. The van der Waals surface area contributed by atoms with Crippen LogP contribution in [0.4, 0.5) is 0 Å². The number of nitrogens with zero attached hydrogens (tertiary/aromatic N) is 2. The van der Waals surface area contributed by atoms with Gasteiger partial charge in [-0.25, -0.2) is 0 Å². The molecule has 0 radical (unpaired) electrons. The Balaban J connectivity index is 1.95. The van der Waals surface area contributed by atoms with Crippen LogP contribution in [0.15, 0.2) is 28.7 Å². The van der Waals surface area contributed by atoms with Gasteiger partial charge < -0.3 is 9.80 Å². The summed E-state index contributed by atoms with van der Waals surface area (Å²) in [4.78, 5) is 16.8. The van der Waals surface area contributed by atoms with Crippen molar-refractivity contribution < 1.29 is 4.79 Å². The summed E-state index contributed by atoms with van der Waals surface area (Å²) in [6, 6.07) is 7.81. The number of benzene rings is 1. The molecule has 2 rings (SSSR count). The van der Waals surface area contributed by atoms with Crippen LogP contribution < -0.4 is 0 Å². The highest BCUT2D eigenvalue weighted by Gasteiger charge is 2.25. The highest BCUT2D eigenvalue weighted by molar-refractivity contribution is 9.10. The van der Waals surface area contributed by atoms with Gasteiger partial charge in [-0.1, -0.05) is 22.9 Å². The van der Waals surface area contributed by atoms with Crippen molar-refractivity contribution in [3.8, 4) is 0 Å². The normalized spacial score (nSPS) is 18.2. The largest absolute Gasteiger partial charge is 0.339 e. The molecule has 1 aromatic rings. The first-order chi connectivity index (χ1) is 9.49. The number of carbonyl (C=O) groups is 1. The van der Waals surface area contributed by atoms with E-state index in [1.807, 2.05) is 36.2 Å². The van der Waals surface area contributed by atoms with Crippen LogP contribution in [0.5, 0.6) is 0 Å². The minimum absolute atomic E-state index is 0.0976. The Labute approximate surface area is 130 Å². The molecule has 0 N–H and O–H groups in total. The Morgan fingerprint density at radius 1 is 1.30 bits per heavy atom. The molecule has 1 saturated heterocycles. The van der Waals surface area contributed by atoms with Crippen LogP contribution in [0.2, 0.25) is 0 Å². The Morgan fingerprint density at radius 2 is 1.90 bits per heavy atom. The SMILES string of the molecule is CC(CN1CCC1)C(C)N(C)C(=O)c1ccc(Br)cc1. The van der Waals surface area contributed by atoms with Crippen LogP contribution in [0.25, 0.3) is 0 Å². The van der Waals surface area contributed by atoms with Gasteiger partial charge in [0.15, 0.2) is 0 Å². The molecule has 1 heterocycles. The summed E-state index contributed by atoms with van der Waals surface area (Å²) in [5.74, 6) is 0.583. The summed E-state index contributed by atoms with van der Waals surface area (Å²) in [6.07, 6.45) is 1.31. The van der Waals surface area contributed by atoms with Crippen LogP contribution >= 0.6 is 15.9 Å². The van der Waals surface area contributed by atoms with Gasteiger partial charge in [0.25, 0.3) is 5.91 Å². The van der Waals surface area contributed by atoms with Crippen molar-refractivity contribution in [3.63, 3.8) is 0 Å². The molecule has 0 saturated carbocycles. The highest BCUT2D eigenvalue weighted by Crippen LogP contribution is 2.18. The van der Waals surface area contributed by atoms with E-state index in [1.165, 1.54) is 19.5 Å². The van der Waals surface area contributed by atoms with E-state index in [-0.39, 0.29) is 11.9 Å². The average molecular weight is 339 g/mol. The fraction of sp³-hybridized carbons (Fsp3) is 0.562. The fourth-order valence-electron chi connectivity index (χ4n) is 2.49. The minimum atomic E-state index is 0.0976. The van der Waals surface area contributed by atoms with Crippen molar-refractivity contribution in [2.75, 3.05) is 26.7 Å². The molecule has 0 spiro atoms. The molecule has 20 heavy (non-hydrogen) atoms. The first-order valence-electron chi connectivity index (χ1n) is 7.24. The van der Waals surface area contributed by atoms with E-state index < -0.39 is 0 Å². The predicted octanol–water partition coefficient (Wildman–Crippen LogP) is 3.25. The van der Waals surface area contributed by atoms with Crippen molar-refractivity contribution in [2.24, 2.45) is 5.92 Å². The lowest BCUT2D eigenvalue weighted by Gasteiger charge is -2.37. The van der Waals surface area contributed by atoms with Gasteiger partial charge in [0.2, 0.25) is 0 Å². The molecule has 0 bridgehead atoms. The molecule has 3 nitrogen and oxygen atoms in total. The van der Waals surface area contributed by atoms with Gasteiger partial charge in [-0.15, -0.1) is 0 Å². The van der Waals surface area contributed by atoms with Gasteiger partial charge >= 0.3 is 0 Å². The number of likely N-dealkylation sites (tertiary alicyclic amines) is 1. The maximum Gasteiger partial charge on any atom is 0.253 e. The van der Waals surface area contributed by atoms with Gasteiger partial charge in [-0.05, 0) is 56.6 Å². The number of carbonyl (C=O) groups excluding carboxylic acids is 1. The van der Waals surface area contributed by atoms with Crippen LogP contribution in [-0.2, 0) is 0 Å². The molecule has 0 aliphatic carbocycles. The van der Waals surface area contributed by atoms with Crippen LogP contribution in [0, 0.1) is 5.92 Å². The molecule has 2 unspecified atom stereocenters. The van der Waals surface area contributed by atoms with Crippen molar-refractivity contribution >= 4 is 21.8 Å². The zero-order chi connectivity index (χ0) is 14.7. The fourth-order valence-corrected chi connectivity index (χ4v) is 2.75. The first kappa shape index (κ1) is 15.5. The molecule has 110 valence electrons. The molecule has 1 amide bonds. The zero-order valence-electron chi connectivity index (χ0n) is 12.5. The lowest BCUT2D eigenvalue weighted by molar-refractivity contribution is 0.0641. The first-order valence-corrected chi connectivity index (χ1v) is 8.03. The summed E-state index contributed by atoms with van der Waals surface area (Å²) < 4.78 is 0.996. The van der Waals surface area contributed by atoms with E-state index in [2.05, 4.69) is 34.7 Å². The molecular formula is C16H23BrN2O. The molecule has 1 aliphatic heterocycles. The third-order valence-corrected chi connectivity index (χ3v) is 4.87. The van der Waals surface area contributed by atoms with Gasteiger partial charge in [-0.3, -0.25) is 4.79 Å². The molecular weight excluding hydrogens is 316 g/mol. The van der Waals surface area contributed by atoms with Crippen molar-refractivity contribution in [2.45, 2.75) is 26.3 Å². The molecule has 0 aromatic heterocycles. The van der Waals surface area contributed by atoms with Crippen molar-refractivity contribution in [3.05, 3.63) is 34.3 Å². The Bertz CT molecular complexity index is 456. The summed E-state index contributed by atoms with van der Waals surface area (Å²) in [7, 11) is 1.90. The second-order valence-corrected chi connectivity index (χ2v) is 6.71. The number of rotatable bonds is 5. The second kappa shape index (κ2) is 6.72. The number of hydrogen-bond donors (Lipinski definition) is 0. The Hall–Kier alpha value is -0.870. The van der Waals surface area contributed by atoms with E-state index in [9.17, 15) is 4.79 Å². The quantitative estimate of drug-likeness (QED) is 0.822. The lowest BCUT2D eigenvalue weighted by atomic mass is 9.99. The summed E-state index contributed by atoms with van der Waals surface area (Å²) >= 11 is 3.39. The summed E-state index contributed by atoms with van der Waals surface area (Å²) in [5.41, 5.74) is 0.749.